The molecule has 1 aliphatic rings. The summed E-state index contributed by atoms with van der Waals surface area (Å²) in [4.78, 5) is 25.3. The van der Waals surface area contributed by atoms with E-state index in [4.69, 9.17) is 16.1 Å². The van der Waals surface area contributed by atoms with E-state index in [2.05, 4.69) is 20.0 Å². The van der Waals surface area contributed by atoms with E-state index in [1.807, 2.05) is 41.3 Å². The molecule has 28 heavy (non-hydrogen) atoms. The Hall–Kier alpha value is -2.93. The molecule has 4 rings (SSSR count). The Bertz CT molecular complexity index is 947. The molecule has 0 saturated carbocycles. The van der Waals surface area contributed by atoms with E-state index >= 15 is 0 Å². The minimum Gasteiger partial charge on any atom is -0.353 e. The maximum atomic E-state index is 12.5. The van der Waals surface area contributed by atoms with Crippen LogP contribution in [0.25, 0.3) is 11.4 Å². The van der Waals surface area contributed by atoms with Crippen molar-refractivity contribution in [3.05, 3.63) is 59.1 Å². The quantitative estimate of drug-likeness (QED) is 0.673. The molecule has 3 aromatic rings. The van der Waals surface area contributed by atoms with Crippen LogP contribution < -0.4 is 4.90 Å². The van der Waals surface area contributed by atoms with Crippen LogP contribution in [0.5, 0.6) is 0 Å². The summed E-state index contributed by atoms with van der Waals surface area (Å²) in [6.45, 7) is 4.62. The Kier molecular flexibility index (Phi) is 5.25. The molecule has 0 spiro atoms. The van der Waals surface area contributed by atoms with E-state index in [-0.39, 0.29) is 5.91 Å². The number of piperazine rings is 1. The van der Waals surface area contributed by atoms with Gasteiger partial charge in [0.15, 0.2) is 0 Å². The van der Waals surface area contributed by atoms with Gasteiger partial charge in [-0.1, -0.05) is 28.9 Å². The monoisotopic (exact) mass is 397 g/mol. The van der Waals surface area contributed by atoms with Gasteiger partial charge in [0, 0.05) is 49.9 Å². The largest absolute Gasteiger partial charge is 0.353 e. The minimum absolute atomic E-state index is 0.137. The van der Waals surface area contributed by atoms with Gasteiger partial charge in [0.25, 0.3) is 0 Å². The highest BCUT2D eigenvalue weighted by molar-refractivity contribution is 6.30. The molecular weight excluding hydrogens is 378 g/mol. The summed E-state index contributed by atoms with van der Waals surface area (Å²) in [5.41, 5.74) is 1.79. The van der Waals surface area contributed by atoms with Gasteiger partial charge in [0.2, 0.25) is 17.6 Å². The van der Waals surface area contributed by atoms with E-state index in [0.29, 0.717) is 36.2 Å². The van der Waals surface area contributed by atoms with Gasteiger partial charge < -0.3 is 14.3 Å². The third kappa shape index (κ3) is 4.14. The van der Waals surface area contributed by atoms with Crippen molar-refractivity contribution in [3.63, 3.8) is 0 Å². The van der Waals surface area contributed by atoms with Gasteiger partial charge in [-0.15, -0.1) is 0 Å². The summed E-state index contributed by atoms with van der Waals surface area (Å²) in [6.07, 6.45) is 2.14. The van der Waals surface area contributed by atoms with Gasteiger partial charge in [0.1, 0.15) is 5.82 Å². The number of amides is 1. The summed E-state index contributed by atoms with van der Waals surface area (Å²) in [6, 6.07) is 11.3. The molecule has 0 N–H and O–H groups in total. The topological polar surface area (TPSA) is 75.4 Å². The molecule has 1 saturated heterocycles. The van der Waals surface area contributed by atoms with E-state index in [9.17, 15) is 4.79 Å². The van der Waals surface area contributed by atoms with Crippen LogP contribution in [0, 0.1) is 6.92 Å². The van der Waals surface area contributed by atoms with E-state index in [1.54, 1.807) is 13.1 Å². The molecule has 0 unspecified atom stereocenters. The smallest absolute Gasteiger partial charge is 0.227 e. The zero-order valence-corrected chi connectivity index (χ0v) is 16.3. The normalized spacial score (nSPS) is 14.4. The molecule has 2 aromatic heterocycles. The number of aromatic nitrogens is 3. The van der Waals surface area contributed by atoms with Gasteiger partial charge in [-0.25, -0.2) is 4.98 Å². The lowest BCUT2D eigenvalue weighted by molar-refractivity contribution is -0.130. The maximum absolute atomic E-state index is 12.5. The second kappa shape index (κ2) is 7.98. The molecule has 0 atom stereocenters. The van der Waals surface area contributed by atoms with Crippen molar-refractivity contribution in [3.8, 4) is 11.4 Å². The predicted molar refractivity (Wildman–Crippen MR) is 106 cm³/mol. The number of benzene rings is 1. The first-order valence-electron chi connectivity index (χ1n) is 9.12. The van der Waals surface area contributed by atoms with Gasteiger partial charge in [0.05, 0.1) is 6.42 Å². The Morgan fingerprint density at radius 3 is 2.46 bits per heavy atom. The van der Waals surface area contributed by atoms with E-state index < -0.39 is 0 Å². The minimum atomic E-state index is 0.137. The molecule has 0 radical (unpaired) electrons. The Morgan fingerprint density at radius 1 is 1.11 bits per heavy atom. The zero-order chi connectivity index (χ0) is 19.5. The number of aryl methyl sites for hydroxylation is 1. The van der Waals surface area contributed by atoms with Crippen molar-refractivity contribution in [1.82, 2.24) is 20.0 Å². The number of carbonyl (C=O) groups is 1. The first-order valence-corrected chi connectivity index (χ1v) is 9.50. The SMILES string of the molecule is Cc1nc(-c2ccc(N3CCN(C(=O)Cc4ccc(Cl)cc4)CC3)nc2)no1. The summed E-state index contributed by atoms with van der Waals surface area (Å²) in [7, 11) is 0. The molecule has 8 heteroatoms. The fourth-order valence-electron chi connectivity index (χ4n) is 3.20. The van der Waals surface area contributed by atoms with Crippen LogP contribution >= 0.6 is 11.6 Å². The van der Waals surface area contributed by atoms with Crippen molar-refractivity contribution in [2.45, 2.75) is 13.3 Å². The highest BCUT2D eigenvalue weighted by Gasteiger charge is 2.22. The highest BCUT2D eigenvalue weighted by atomic mass is 35.5. The van der Waals surface area contributed by atoms with E-state index in [0.717, 1.165) is 30.0 Å². The lowest BCUT2D eigenvalue weighted by atomic mass is 10.1. The highest BCUT2D eigenvalue weighted by Crippen LogP contribution is 2.20. The van der Waals surface area contributed by atoms with Crippen LogP contribution in [0.3, 0.4) is 0 Å². The van der Waals surface area contributed by atoms with Crippen molar-refractivity contribution in [1.29, 1.82) is 0 Å². The van der Waals surface area contributed by atoms with Crippen LogP contribution in [0.4, 0.5) is 5.82 Å². The molecule has 7 nitrogen and oxygen atoms in total. The summed E-state index contributed by atoms with van der Waals surface area (Å²) in [5, 5.41) is 4.58. The Labute approximate surface area is 167 Å². The number of rotatable bonds is 4. The number of anilines is 1. The molecule has 1 amide bonds. The summed E-state index contributed by atoms with van der Waals surface area (Å²) < 4.78 is 5.00. The van der Waals surface area contributed by atoms with Crippen molar-refractivity contribution in [2.75, 3.05) is 31.1 Å². The van der Waals surface area contributed by atoms with Crippen LogP contribution in [0.15, 0.2) is 47.1 Å². The standard InChI is InChI=1S/C20H20ClN5O2/c1-14-23-20(24-28-14)16-4-7-18(22-13-16)25-8-10-26(11-9-25)19(27)12-15-2-5-17(21)6-3-15/h2-7,13H,8-12H2,1H3. The van der Waals surface area contributed by atoms with Crippen LogP contribution in [-0.2, 0) is 11.2 Å². The predicted octanol–water partition coefficient (Wildman–Crippen LogP) is 2.98. The van der Waals surface area contributed by atoms with Crippen molar-refractivity contribution < 1.29 is 9.32 Å². The third-order valence-corrected chi connectivity index (χ3v) is 5.01. The number of pyridine rings is 1. The number of hydrogen-bond acceptors (Lipinski definition) is 6. The average molecular weight is 398 g/mol. The average Bonchev–Trinajstić information content (AvgIpc) is 3.16. The molecule has 1 aliphatic heterocycles. The van der Waals surface area contributed by atoms with Crippen molar-refractivity contribution in [2.24, 2.45) is 0 Å². The molecule has 1 fully saturated rings. The first-order chi connectivity index (χ1) is 13.6. The lowest BCUT2D eigenvalue weighted by Crippen LogP contribution is -2.49. The van der Waals surface area contributed by atoms with Crippen LogP contribution in [0.1, 0.15) is 11.5 Å². The number of carbonyl (C=O) groups excluding carboxylic acids is 1. The molecule has 1 aromatic carbocycles. The molecule has 144 valence electrons. The maximum Gasteiger partial charge on any atom is 0.227 e. The summed E-state index contributed by atoms with van der Waals surface area (Å²) >= 11 is 5.90. The zero-order valence-electron chi connectivity index (χ0n) is 15.5. The molecule has 0 bridgehead atoms. The van der Waals surface area contributed by atoms with Crippen LogP contribution in [-0.4, -0.2) is 52.1 Å². The number of halogens is 1. The first kappa shape index (κ1) is 18.4. The second-order valence-electron chi connectivity index (χ2n) is 6.71. The van der Waals surface area contributed by atoms with Crippen LogP contribution in [0.2, 0.25) is 5.02 Å². The fraction of sp³-hybridized carbons (Fsp3) is 0.300. The molecular formula is C20H20ClN5O2. The van der Waals surface area contributed by atoms with E-state index in [1.165, 1.54) is 0 Å². The fourth-order valence-corrected chi connectivity index (χ4v) is 3.32. The van der Waals surface area contributed by atoms with Gasteiger partial charge in [-0.05, 0) is 29.8 Å². The van der Waals surface area contributed by atoms with Gasteiger partial charge >= 0.3 is 0 Å². The lowest BCUT2D eigenvalue weighted by Gasteiger charge is -2.35. The molecule has 0 aliphatic carbocycles. The number of hydrogen-bond donors (Lipinski definition) is 0. The Balaban J connectivity index is 1.33. The van der Waals surface area contributed by atoms with Gasteiger partial charge in [-0.3, -0.25) is 4.79 Å². The molecule has 3 heterocycles. The van der Waals surface area contributed by atoms with Gasteiger partial charge in [-0.2, -0.15) is 4.98 Å². The Morgan fingerprint density at radius 2 is 1.86 bits per heavy atom. The third-order valence-electron chi connectivity index (χ3n) is 4.76. The van der Waals surface area contributed by atoms with Crippen molar-refractivity contribution >= 4 is 23.3 Å². The number of nitrogens with zero attached hydrogens (tertiary/aromatic N) is 5. The second-order valence-corrected chi connectivity index (χ2v) is 7.15. The summed E-state index contributed by atoms with van der Waals surface area (Å²) in [5.74, 6) is 2.08.